The van der Waals surface area contributed by atoms with E-state index in [2.05, 4.69) is 0 Å². The Morgan fingerprint density at radius 1 is 1.25 bits per heavy atom. The van der Waals surface area contributed by atoms with Crippen LogP contribution in [0.5, 0.6) is 0 Å². The Morgan fingerprint density at radius 2 is 1.80 bits per heavy atom. The Bertz CT molecular complexity index is 426. The van der Waals surface area contributed by atoms with Gasteiger partial charge in [0.05, 0.1) is 6.04 Å². The van der Waals surface area contributed by atoms with Crippen molar-refractivity contribution in [3.05, 3.63) is 35.9 Å². The number of methoxy groups -OCH3 is 2. The van der Waals surface area contributed by atoms with Crippen molar-refractivity contribution in [2.45, 2.75) is 24.7 Å². The van der Waals surface area contributed by atoms with Crippen LogP contribution in [-0.4, -0.2) is 56.4 Å². The number of likely N-dealkylation sites (tertiary alicyclic amines) is 1. The molecule has 5 nitrogen and oxygen atoms in total. The number of nitrogens with zero attached hydrogens (tertiary/aromatic N) is 1. The summed E-state index contributed by atoms with van der Waals surface area (Å²) in [5, 5.41) is 0. The van der Waals surface area contributed by atoms with E-state index in [1.165, 1.54) is 0 Å². The molecule has 0 aromatic heterocycles. The zero-order valence-corrected chi connectivity index (χ0v) is 12.0. The number of benzene rings is 1. The van der Waals surface area contributed by atoms with E-state index >= 15 is 0 Å². The van der Waals surface area contributed by atoms with Crippen LogP contribution < -0.4 is 5.73 Å². The highest BCUT2D eigenvalue weighted by Gasteiger charge is 2.36. The molecule has 2 N–H and O–H groups in total. The second-order valence-electron chi connectivity index (χ2n) is 5.09. The summed E-state index contributed by atoms with van der Waals surface area (Å²) in [4.78, 5) is 14.1. The van der Waals surface area contributed by atoms with Crippen molar-refractivity contribution in [3.8, 4) is 0 Å². The lowest BCUT2D eigenvalue weighted by atomic mass is 10.1. The normalized spacial score (nSPS) is 23.9. The fourth-order valence-corrected chi connectivity index (χ4v) is 2.57. The van der Waals surface area contributed by atoms with E-state index < -0.39 is 6.04 Å². The maximum Gasteiger partial charge on any atom is 0.240 e. The van der Waals surface area contributed by atoms with Gasteiger partial charge in [-0.1, -0.05) is 30.3 Å². The molecule has 1 aromatic carbocycles. The highest BCUT2D eigenvalue weighted by Crippen LogP contribution is 2.17. The van der Waals surface area contributed by atoms with Crippen molar-refractivity contribution in [2.75, 3.05) is 27.3 Å². The molecule has 0 spiro atoms. The summed E-state index contributed by atoms with van der Waals surface area (Å²) in [7, 11) is 3.27. The van der Waals surface area contributed by atoms with Gasteiger partial charge in [-0.15, -0.1) is 0 Å². The third-order valence-corrected chi connectivity index (χ3v) is 3.75. The monoisotopic (exact) mass is 278 g/mol. The Kier molecular flexibility index (Phi) is 5.11. The van der Waals surface area contributed by atoms with Gasteiger partial charge in [0.1, 0.15) is 12.2 Å². The van der Waals surface area contributed by atoms with E-state index in [0.717, 1.165) is 5.56 Å². The Labute approximate surface area is 119 Å². The first-order valence-corrected chi connectivity index (χ1v) is 6.79. The van der Waals surface area contributed by atoms with Crippen LogP contribution >= 0.6 is 0 Å². The van der Waals surface area contributed by atoms with Gasteiger partial charge in [0.25, 0.3) is 0 Å². The fourth-order valence-electron chi connectivity index (χ4n) is 2.57. The highest BCUT2D eigenvalue weighted by atomic mass is 16.5. The number of nitrogens with two attached hydrogens (primary N) is 1. The van der Waals surface area contributed by atoms with Crippen LogP contribution in [0.2, 0.25) is 0 Å². The molecule has 20 heavy (non-hydrogen) atoms. The van der Waals surface area contributed by atoms with Crippen LogP contribution in [-0.2, 0) is 20.7 Å². The standard InChI is InChI=1S/C15H22N2O3/c1-19-13-9-17(10-14(13)20-2)15(18)12(16)8-11-6-4-3-5-7-11/h3-7,12-14H,8-10,16H2,1-2H3. The van der Waals surface area contributed by atoms with Crippen molar-refractivity contribution >= 4 is 5.91 Å². The maximum absolute atomic E-state index is 12.4. The molecule has 0 bridgehead atoms. The third-order valence-electron chi connectivity index (χ3n) is 3.75. The molecule has 1 amide bonds. The average Bonchev–Trinajstić information content (AvgIpc) is 2.90. The van der Waals surface area contributed by atoms with Gasteiger partial charge in [-0.3, -0.25) is 4.79 Å². The third kappa shape index (κ3) is 3.36. The van der Waals surface area contributed by atoms with Gasteiger partial charge in [-0.25, -0.2) is 0 Å². The topological polar surface area (TPSA) is 64.8 Å². The largest absolute Gasteiger partial charge is 0.377 e. The molecule has 1 fully saturated rings. The van der Waals surface area contributed by atoms with Gasteiger partial charge in [0.2, 0.25) is 5.91 Å². The smallest absolute Gasteiger partial charge is 0.240 e. The molecule has 3 unspecified atom stereocenters. The van der Waals surface area contributed by atoms with E-state index in [0.29, 0.717) is 19.5 Å². The van der Waals surface area contributed by atoms with Crippen LogP contribution in [0.15, 0.2) is 30.3 Å². The Hall–Kier alpha value is -1.43. The minimum Gasteiger partial charge on any atom is -0.377 e. The molecule has 1 aromatic rings. The van der Waals surface area contributed by atoms with E-state index in [1.807, 2.05) is 30.3 Å². The van der Waals surface area contributed by atoms with Crippen molar-refractivity contribution in [1.29, 1.82) is 0 Å². The average molecular weight is 278 g/mol. The zero-order chi connectivity index (χ0) is 14.5. The summed E-state index contributed by atoms with van der Waals surface area (Å²) in [6, 6.07) is 9.28. The van der Waals surface area contributed by atoms with Crippen molar-refractivity contribution < 1.29 is 14.3 Å². The molecule has 0 aliphatic carbocycles. The predicted molar refractivity (Wildman–Crippen MR) is 76.3 cm³/mol. The van der Waals surface area contributed by atoms with Gasteiger partial charge >= 0.3 is 0 Å². The first-order valence-electron chi connectivity index (χ1n) is 6.79. The molecule has 110 valence electrons. The SMILES string of the molecule is COC1CN(C(=O)C(N)Cc2ccccc2)CC1OC. The van der Waals surface area contributed by atoms with Gasteiger partial charge < -0.3 is 20.1 Å². The molecule has 5 heteroatoms. The molecule has 1 aliphatic rings. The number of rotatable bonds is 5. The minimum atomic E-state index is -0.523. The zero-order valence-electron chi connectivity index (χ0n) is 12.0. The molecule has 0 saturated carbocycles. The fraction of sp³-hybridized carbons (Fsp3) is 0.533. The van der Waals surface area contributed by atoms with Crippen molar-refractivity contribution in [2.24, 2.45) is 5.73 Å². The molecule has 2 rings (SSSR count). The molecular formula is C15H22N2O3. The van der Waals surface area contributed by atoms with Crippen LogP contribution in [0.25, 0.3) is 0 Å². The number of ether oxygens (including phenoxy) is 2. The van der Waals surface area contributed by atoms with Gasteiger partial charge in [0, 0.05) is 27.3 Å². The quantitative estimate of drug-likeness (QED) is 0.848. The number of hydrogen-bond donors (Lipinski definition) is 1. The molecular weight excluding hydrogens is 256 g/mol. The van der Waals surface area contributed by atoms with E-state index in [1.54, 1.807) is 19.1 Å². The highest BCUT2D eigenvalue weighted by molar-refractivity contribution is 5.82. The number of hydrogen-bond acceptors (Lipinski definition) is 4. The van der Waals surface area contributed by atoms with Crippen LogP contribution in [0.1, 0.15) is 5.56 Å². The number of amides is 1. The summed E-state index contributed by atoms with van der Waals surface area (Å²) in [5.41, 5.74) is 7.10. The maximum atomic E-state index is 12.4. The number of carbonyl (C=O) groups excluding carboxylic acids is 1. The van der Waals surface area contributed by atoms with Crippen LogP contribution in [0, 0.1) is 0 Å². The first kappa shape index (κ1) is 15.0. The lowest BCUT2D eigenvalue weighted by Crippen LogP contribution is -2.44. The van der Waals surface area contributed by atoms with E-state index in [4.69, 9.17) is 15.2 Å². The summed E-state index contributed by atoms with van der Waals surface area (Å²) in [5.74, 6) is -0.0459. The second kappa shape index (κ2) is 6.83. The van der Waals surface area contributed by atoms with Gasteiger partial charge in [-0.2, -0.15) is 0 Å². The second-order valence-corrected chi connectivity index (χ2v) is 5.09. The van der Waals surface area contributed by atoms with Crippen LogP contribution in [0.4, 0.5) is 0 Å². The Morgan fingerprint density at radius 3 is 2.30 bits per heavy atom. The molecule has 1 heterocycles. The van der Waals surface area contributed by atoms with Gasteiger partial charge in [-0.05, 0) is 12.0 Å². The lowest BCUT2D eigenvalue weighted by molar-refractivity contribution is -0.132. The first-order chi connectivity index (χ1) is 9.65. The molecule has 0 radical (unpaired) electrons. The van der Waals surface area contributed by atoms with Crippen molar-refractivity contribution in [3.63, 3.8) is 0 Å². The molecule has 1 aliphatic heterocycles. The van der Waals surface area contributed by atoms with Gasteiger partial charge in [0.15, 0.2) is 0 Å². The summed E-state index contributed by atoms with van der Waals surface area (Å²) < 4.78 is 10.7. The number of carbonyl (C=O) groups is 1. The molecule has 3 atom stereocenters. The van der Waals surface area contributed by atoms with E-state index in [9.17, 15) is 4.79 Å². The van der Waals surface area contributed by atoms with Crippen LogP contribution in [0.3, 0.4) is 0 Å². The van der Waals surface area contributed by atoms with Crippen molar-refractivity contribution in [1.82, 2.24) is 4.90 Å². The van der Waals surface area contributed by atoms with E-state index in [-0.39, 0.29) is 18.1 Å². The summed E-state index contributed by atoms with van der Waals surface area (Å²) in [6.07, 6.45) is 0.395. The predicted octanol–water partition coefficient (Wildman–Crippen LogP) is 0.429. The minimum absolute atomic E-state index is 0.0459. The Balaban J connectivity index is 1.94. The molecule has 1 saturated heterocycles. The summed E-state index contributed by atoms with van der Waals surface area (Å²) >= 11 is 0. The lowest BCUT2D eigenvalue weighted by Gasteiger charge is -2.20. The summed E-state index contributed by atoms with van der Waals surface area (Å²) in [6.45, 7) is 1.08.